The van der Waals surface area contributed by atoms with E-state index >= 15 is 0 Å². The quantitative estimate of drug-likeness (QED) is 0.814. The van der Waals surface area contributed by atoms with Crippen LogP contribution in [0.1, 0.15) is 50.2 Å². The fraction of sp³-hybridized carbons (Fsp3) is 0.600. The zero-order valence-corrected chi connectivity index (χ0v) is 11.7. The number of benzene rings is 1. The molecule has 1 aromatic rings. The summed E-state index contributed by atoms with van der Waals surface area (Å²) in [5.74, 6) is 2.09. The molecule has 0 saturated heterocycles. The Morgan fingerprint density at radius 1 is 1.29 bits per heavy atom. The van der Waals surface area contributed by atoms with Gasteiger partial charge in [0.15, 0.2) is 0 Å². The van der Waals surface area contributed by atoms with Gasteiger partial charge in [0.1, 0.15) is 5.75 Å². The number of likely N-dealkylation sites (N-methyl/N-ethyl adjacent to an activating group) is 1. The highest BCUT2D eigenvalue weighted by atomic mass is 16.5. The first kappa shape index (κ1) is 14.0. The van der Waals surface area contributed by atoms with E-state index in [-0.39, 0.29) is 0 Å². The zero-order chi connectivity index (χ0) is 12.8. The van der Waals surface area contributed by atoms with Crippen LogP contribution in [0.15, 0.2) is 18.2 Å². The molecule has 0 saturated carbocycles. The molecule has 2 heteroatoms. The highest BCUT2D eigenvalue weighted by Crippen LogP contribution is 2.30. The molecule has 0 heterocycles. The van der Waals surface area contributed by atoms with Crippen molar-refractivity contribution in [1.29, 1.82) is 0 Å². The van der Waals surface area contributed by atoms with Crippen molar-refractivity contribution in [3.05, 3.63) is 29.3 Å². The number of hydrogen-bond acceptors (Lipinski definition) is 2. The molecule has 1 unspecified atom stereocenters. The van der Waals surface area contributed by atoms with Gasteiger partial charge < -0.3 is 10.1 Å². The molecule has 1 N–H and O–H groups in total. The predicted molar refractivity (Wildman–Crippen MR) is 74.0 cm³/mol. The van der Waals surface area contributed by atoms with Crippen LogP contribution in [0, 0.1) is 0 Å². The Kier molecular flexibility index (Phi) is 5.49. The molecule has 0 radical (unpaired) electrons. The first-order valence-corrected chi connectivity index (χ1v) is 6.46. The summed E-state index contributed by atoms with van der Waals surface area (Å²) in [6.07, 6.45) is 1.16. The molecular weight excluding hydrogens is 210 g/mol. The Labute approximate surface area is 105 Å². The van der Waals surface area contributed by atoms with E-state index in [1.807, 2.05) is 7.05 Å². The van der Waals surface area contributed by atoms with E-state index < -0.39 is 0 Å². The van der Waals surface area contributed by atoms with Gasteiger partial charge in [0.2, 0.25) is 0 Å². The molecule has 0 amide bonds. The fourth-order valence-corrected chi connectivity index (χ4v) is 2.20. The number of hydrogen-bond donors (Lipinski definition) is 1. The third kappa shape index (κ3) is 3.47. The minimum Gasteiger partial charge on any atom is -0.496 e. The molecule has 0 aliphatic rings. The summed E-state index contributed by atoms with van der Waals surface area (Å²) >= 11 is 0. The van der Waals surface area contributed by atoms with Gasteiger partial charge in [-0.1, -0.05) is 32.9 Å². The largest absolute Gasteiger partial charge is 0.496 e. The summed E-state index contributed by atoms with van der Waals surface area (Å²) < 4.78 is 5.42. The average Bonchev–Trinajstić information content (AvgIpc) is 2.35. The molecule has 1 aromatic carbocycles. The lowest BCUT2D eigenvalue weighted by molar-refractivity contribution is 0.407. The van der Waals surface area contributed by atoms with E-state index in [1.54, 1.807) is 7.11 Å². The first-order valence-electron chi connectivity index (χ1n) is 6.46. The average molecular weight is 235 g/mol. The van der Waals surface area contributed by atoms with E-state index in [2.05, 4.69) is 44.3 Å². The second kappa shape index (κ2) is 6.65. The number of rotatable bonds is 6. The van der Waals surface area contributed by atoms with Crippen LogP contribution < -0.4 is 10.1 Å². The van der Waals surface area contributed by atoms with Crippen molar-refractivity contribution in [2.45, 2.75) is 39.0 Å². The topological polar surface area (TPSA) is 21.3 Å². The first-order chi connectivity index (χ1) is 8.13. The Bertz CT molecular complexity index is 347. The van der Waals surface area contributed by atoms with Crippen molar-refractivity contribution in [3.63, 3.8) is 0 Å². The lowest BCUT2D eigenvalue weighted by Gasteiger charge is -2.19. The van der Waals surface area contributed by atoms with Gasteiger partial charge in [-0.05, 0) is 42.5 Å². The normalized spacial score (nSPS) is 12.8. The Morgan fingerprint density at radius 3 is 2.47 bits per heavy atom. The van der Waals surface area contributed by atoms with Gasteiger partial charge in [0.25, 0.3) is 0 Å². The van der Waals surface area contributed by atoms with Crippen LogP contribution in [-0.2, 0) is 0 Å². The molecule has 1 rings (SSSR count). The summed E-state index contributed by atoms with van der Waals surface area (Å²) in [7, 11) is 3.75. The van der Waals surface area contributed by atoms with Crippen molar-refractivity contribution < 1.29 is 4.74 Å². The molecule has 2 nitrogen and oxygen atoms in total. The summed E-state index contributed by atoms with van der Waals surface area (Å²) in [5, 5.41) is 3.26. The summed E-state index contributed by atoms with van der Waals surface area (Å²) in [6, 6.07) is 6.59. The van der Waals surface area contributed by atoms with Crippen LogP contribution in [-0.4, -0.2) is 20.7 Å². The molecule has 1 atom stereocenters. The highest BCUT2D eigenvalue weighted by molar-refractivity contribution is 5.40. The molecule has 0 bridgehead atoms. The van der Waals surface area contributed by atoms with Gasteiger partial charge in [-0.15, -0.1) is 0 Å². The maximum absolute atomic E-state index is 5.42. The van der Waals surface area contributed by atoms with Crippen LogP contribution in [0.2, 0.25) is 0 Å². The lowest BCUT2D eigenvalue weighted by Crippen LogP contribution is -2.16. The SMILES string of the molecule is CCC(CNC)c1ccc(OC)c(C(C)C)c1. The van der Waals surface area contributed by atoms with Crippen molar-refractivity contribution in [2.24, 2.45) is 0 Å². The Morgan fingerprint density at radius 2 is 2.00 bits per heavy atom. The molecule has 0 aliphatic heterocycles. The molecular formula is C15H25NO. The van der Waals surface area contributed by atoms with Gasteiger partial charge in [0, 0.05) is 6.54 Å². The summed E-state index contributed by atoms with van der Waals surface area (Å²) in [4.78, 5) is 0. The van der Waals surface area contributed by atoms with E-state index in [1.165, 1.54) is 11.1 Å². The molecule has 17 heavy (non-hydrogen) atoms. The number of methoxy groups -OCH3 is 1. The molecule has 0 fully saturated rings. The van der Waals surface area contributed by atoms with E-state index in [0.29, 0.717) is 11.8 Å². The van der Waals surface area contributed by atoms with Gasteiger partial charge >= 0.3 is 0 Å². The monoisotopic (exact) mass is 235 g/mol. The third-order valence-corrected chi connectivity index (χ3v) is 3.29. The van der Waals surface area contributed by atoms with Gasteiger partial charge in [-0.25, -0.2) is 0 Å². The minimum atomic E-state index is 0.497. The maximum atomic E-state index is 5.42. The van der Waals surface area contributed by atoms with Crippen molar-refractivity contribution in [1.82, 2.24) is 5.32 Å². The third-order valence-electron chi connectivity index (χ3n) is 3.29. The number of ether oxygens (including phenoxy) is 1. The molecule has 0 spiro atoms. The number of nitrogens with one attached hydrogen (secondary N) is 1. The molecule has 96 valence electrons. The molecule has 0 aromatic heterocycles. The minimum absolute atomic E-state index is 0.497. The zero-order valence-electron chi connectivity index (χ0n) is 11.7. The van der Waals surface area contributed by atoms with Crippen molar-refractivity contribution in [2.75, 3.05) is 20.7 Å². The summed E-state index contributed by atoms with van der Waals surface area (Å²) in [6.45, 7) is 7.68. The van der Waals surface area contributed by atoms with Gasteiger partial charge in [0.05, 0.1) is 7.11 Å². The van der Waals surface area contributed by atoms with Crippen molar-refractivity contribution in [3.8, 4) is 5.75 Å². The highest BCUT2D eigenvalue weighted by Gasteiger charge is 2.13. The molecule has 0 aliphatic carbocycles. The van der Waals surface area contributed by atoms with Gasteiger partial charge in [-0.3, -0.25) is 0 Å². The van der Waals surface area contributed by atoms with E-state index in [9.17, 15) is 0 Å². The van der Waals surface area contributed by atoms with E-state index in [4.69, 9.17) is 4.74 Å². The smallest absolute Gasteiger partial charge is 0.122 e. The maximum Gasteiger partial charge on any atom is 0.122 e. The van der Waals surface area contributed by atoms with Crippen LogP contribution in [0.4, 0.5) is 0 Å². The lowest BCUT2D eigenvalue weighted by atomic mass is 9.91. The van der Waals surface area contributed by atoms with Crippen LogP contribution in [0.25, 0.3) is 0 Å². The van der Waals surface area contributed by atoms with Crippen LogP contribution in [0.3, 0.4) is 0 Å². The second-order valence-corrected chi connectivity index (χ2v) is 4.82. The fourth-order valence-electron chi connectivity index (χ4n) is 2.20. The standard InChI is InChI=1S/C15H25NO/c1-6-12(10-16-4)13-7-8-15(17-5)14(9-13)11(2)3/h7-9,11-12,16H,6,10H2,1-5H3. The van der Waals surface area contributed by atoms with Crippen LogP contribution in [0.5, 0.6) is 5.75 Å². The van der Waals surface area contributed by atoms with Crippen molar-refractivity contribution >= 4 is 0 Å². The predicted octanol–water partition coefficient (Wildman–Crippen LogP) is 3.53. The Balaban J connectivity index is 3.05. The second-order valence-electron chi connectivity index (χ2n) is 4.82. The van der Waals surface area contributed by atoms with Crippen LogP contribution >= 0.6 is 0 Å². The summed E-state index contributed by atoms with van der Waals surface area (Å²) in [5.41, 5.74) is 2.71. The van der Waals surface area contributed by atoms with Gasteiger partial charge in [-0.2, -0.15) is 0 Å². The van der Waals surface area contributed by atoms with E-state index in [0.717, 1.165) is 18.7 Å². The Hall–Kier alpha value is -1.02.